The van der Waals surface area contributed by atoms with Crippen LogP contribution in [0.1, 0.15) is 41.8 Å². The zero-order valence-electron chi connectivity index (χ0n) is 18.0. The molecular formula is C26H29NO4. The third-order valence-electron chi connectivity index (χ3n) is 6.43. The van der Waals surface area contributed by atoms with Crippen molar-refractivity contribution in [1.82, 2.24) is 4.90 Å². The van der Waals surface area contributed by atoms with Crippen molar-refractivity contribution in [3.05, 3.63) is 71.8 Å². The Balaban J connectivity index is 1.52. The minimum atomic E-state index is -1.06. The molecule has 5 nitrogen and oxygen atoms in total. The summed E-state index contributed by atoms with van der Waals surface area (Å²) in [5, 5.41) is 21.6. The zero-order chi connectivity index (χ0) is 22.0. The first-order valence-corrected chi connectivity index (χ1v) is 10.7. The predicted molar refractivity (Wildman–Crippen MR) is 122 cm³/mol. The number of aliphatic hydroxyl groups excluding tert-OH is 1. The van der Waals surface area contributed by atoms with E-state index in [0.29, 0.717) is 31.5 Å². The fourth-order valence-corrected chi connectivity index (χ4v) is 4.11. The van der Waals surface area contributed by atoms with Gasteiger partial charge in [-0.3, -0.25) is 4.79 Å². The monoisotopic (exact) mass is 419 g/mol. The molecule has 0 aromatic heterocycles. The highest BCUT2D eigenvalue weighted by Gasteiger charge is 2.33. The fourth-order valence-electron chi connectivity index (χ4n) is 4.11. The summed E-state index contributed by atoms with van der Waals surface area (Å²) < 4.78 is 5.38. The van der Waals surface area contributed by atoms with Crippen LogP contribution in [0.15, 0.2) is 60.7 Å². The first-order valence-electron chi connectivity index (χ1n) is 10.7. The standard InChI is InChI=1S/C26H29NO4/c1-18(31-2)19-3-5-20(6-4-19)21-7-8-23-16-24(10-9-22(23)15-21)25(29)27-13-11-26(30,17-28)12-14-27/h3-10,15-16,18,28,30H,11-14,17H2,1-2H3. The van der Waals surface area contributed by atoms with Gasteiger partial charge in [0, 0.05) is 25.8 Å². The molecule has 1 fully saturated rings. The lowest BCUT2D eigenvalue weighted by molar-refractivity contribution is -0.0546. The number of fused-ring (bicyclic) bond motifs is 1. The van der Waals surface area contributed by atoms with E-state index in [4.69, 9.17) is 4.74 Å². The summed E-state index contributed by atoms with van der Waals surface area (Å²) in [5.41, 5.74) is 3.00. The van der Waals surface area contributed by atoms with E-state index in [-0.39, 0.29) is 18.6 Å². The molecule has 1 heterocycles. The summed E-state index contributed by atoms with van der Waals surface area (Å²) in [6.07, 6.45) is 0.862. The van der Waals surface area contributed by atoms with Crippen LogP contribution in [0.5, 0.6) is 0 Å². The molecule has 31 heavy (non-hydrogen) atoms. The molecule has 5 heteroatoms. The number of methoxy groups -OCH3 is 1. The maximum Gasteiger partial charge on any atom is 0.253 e. The van der Waals surface area contributed by atoms with E-state index in [1.807, 2.05) is 31.2 Å². The van der Waals surface area contributed by atoms with Gasteiger partial charge in [0.25, 0.3) is 5.91 Å². The molecular weight excluding hydrogens is 390 g/mol. The summed E-state index contributed by atoms with van der Waals surface area (Å²) in [7, 11) is 1.71. The number of benzene rings is 3. The Hall–Kier alpha value is -2.73. The van der Waals surface area contributed by atoms with Crippen LogP contribution in [0.4, 0.5) is 0 Å². The first-order chi connectivity index (χ1) is 14.9. The second kappa shape index (κ2) is 8.79. The molecule has 1 atom stereocenters. The van der Waals surface area contributed by atoms with Gasteiger partial charge in [-0.2, -0.15) is 0 Å². The van der Waals surface area contributed by atoms with Gasteiger partial charge in [0.2, 0.25) is 0 Å². The molecule has 2 N–H and O–H groups in total. The lowest BCUT2D eigenvalue weighted by atomic mass is 9.92. The summed E-state index contributed by atoms with van der Waals surface area (Å²) >= 11 is 0. The SMILES string of the molecule is COC(C)c1ccc(-c2ccc3cc(C(=O)N4CCC(O)(CO)CC4)ccc3c2)cc1. The van der Waals surface area contributed by atoms with E-state index in [1.54, 1.807) is 12.0 Å². The van der Waals surface area contributed by atoms with E-state index in [1.165, 1.54) is 0 Å². The number of piperidine rings is 1. The van der Waals surface area contributed by atoms with Crippen LogP contribution in [0.3, 0.4) is 0 Å². The third-order valence-corrected chi connectivity index (χ3v) is 6.43. The first kappa shape index (κ1) is 21.5. The van der Waals surface area contributed by atoms with E-state index in [0.717, 1.165) is 27.5 Å². The maximum absolute atomic E-state index is 12.9. The smallest absolute Gasteiger partial charge is 0.253 e. The Morgan fingerprint density at radius 1 is 1.00 bits per heavy atom. The van der Waals surface area contributed by atoms with Crippen molar-refractivity contribution < 1.29 is 19.7 Å². The normalized spacial score (nSPS) is 17.0. The van der Waals surface area contributed by atoms with Gasteiger partial charge >= 0.3 is 0 Å². The van der Waals surface area contributed by atoms with Crippen LogP contribution in [0.2, 0.25) is 0 Å². The van der Waals surface area contributed by atoms with Gasteiger partial charge in [-0.15, -0.1) is 0 Å². The Morgan fingerprint density at radius 3 is 2.26 bits per heavy atom. The molecule has 1 saturated heterocycles. The average Bonchev–Trinajstić information content (AvgIpc) is 2.83. The quantitative estimate of drug-likeness (QED) is 0.651. The lowest BCUT2D eigenvalue weighted by Crippen LogP contribution is -2.48. The number of aliphatic hydroxyl groups is 2. The van der Waals surface area contributed by atoms with E-state index in [9.17, 15) is 15.0 Å². The number of ether oxygens (including phenoxy) is 1. The van der Waals surface area contributed by atoms with Gasteiger partial charge in [0.05, 0.1) is 18.3 Å². The number of hydrogen-bond donors (Lipinski definition) is 2. The van der Waals surface area contributed by atoms with Crippen LogP contribution in [0, 0.1) is 0 Å². The van der Waals surface area contributed by atoms with Crippen molar-refractivity contribution in [3.8, 4) is 11.1 Å². The van der Waals surface area contributed by atoms with Gasteiger partial charge in [-0.25, -0.2) is 0 Å². The summed E-state index contributed by atoms with van der Waals surface area (Å²) in [4.78, 5) is 14.7. The number of hydrogen-bond acceptors (Lipinski definition) is 4. The van der Waals surface area contributed by atoms with Crippen molar-refractivity contribution in [2.24, 2.45) is 0 Å². The van der Waals surface area contributed by atoms with Crippen LogP contribution >= 0.6 is 0 Å². The minimum absolute atomic E-state index is 0.0335. The van der Waals surface area contributed by atoms with E-state index >= 15 is 0 Å². The van der Waals surface area contributed by atoms with Crippen molar-refractivity contribution >= 4 is 16.7 Å². The number of carbonyl (C=O) groups excluding carboxylic acids is 1. The molecule has 1 unspecified atom stereocenters. The second-order valence-corrected chi connectivity index (χ2v) is 8.45. The second-order valence-electron chi connectivity index (χ2n) is 8.45. The van der Waals surface area contributed by atoms with Crippen LogP contribution in [-0.2, 0) is 4.74 Å². The van der Waals surface area contributed by atoms with E-state index < -0.39 is 5.60 Å². The highest BCUT2D eigenvalue weighted by atomic mass is 16.5. The molecule has 0 bridgehead atoms. The minimum Gasteiger partial charge on any atom is -0.393 e. The van der Waals surface area contributed by atoms with E-state index in [2.05, 4.69) is 36.4 Å². The molecule has 162 valence electrons. The van der Waals surface area contributed by atoms with Gasteiger partial charge in [-0.1, -0.05) is 42.5 Å². The van der Waals surface area contributed by atoms with Gasteiger partial charge in [0.15, 0.2) is 0 Å². The van der Waals surface area contributed by atoms with Crippen LogP contribution < -0.4 is 0 Å². The molecule has 0 aliphatic carbocycles. The highest BCUT2D eigenvalue weighted by molar-refractivity contribution is 5.99. The molecule has 0 spiro atoms. The molecule has 0 radical (unpaired) electrons. The molecule has 0 saturated carbocycles. The van der Waals surface area contributed by atoms with Crippen molar-refractivity contribution in [2.45, 2.75) is 31.5 Å². The van der Waals surface area contributed by atoms with Crippen molar-refractivity contribution in [1.29, 1.82) is 0 Å². The summed E-state index contributed by atoms with van der Waals surface area (Å²) in [6, 6.07) is 20.4. The van der Waals surface area contributed by atoms with Crippen LogP contribution in [-0.4, -0.2) is 53.4 Å². The predicted octanol–water partition coefficient (Wildman–Crippen LogP) is 4.17. The summed E-state index contributed by atoms with van der Waals surface area (Å²) in [6.45, 7) is 2.66. The lowest BCUT2D eigenvalue weighted by Gasteiger charge is -2.37. The number of nitrogens with zero attached hydrogens (tertiary/aromatic N) is 1. The van der Waals surface area contributed by atoms with Gasteiger partial charge in [0.1, 0.15) is 0 Å². The third kappa shape index (κ3) is 4.49. The van der Waals surface area contributed by atoms with Gasteiger partial charge in [-0.05, 0) is 65.4 Å². The molecule has 1 aliphatic rings. The van der Waals surface area contributed by atoms with Gasteiger partial charge < -0.3 is 19.8 Å². The number of carbonyl (C=O) groups is 1. The Labute approximate surface area is 182 Å². The topological polar surface area (TPSA) is 70.0 Å². The maximum atomic E-state index is 12.9. The Morgan fingerprint density at radius 2 is 1.61 bits per heavy atom. The molecule has 3 aromatic carbocycles. The van der Waals surface area contributed by atoms with Crippen molar-refractivity contribution in [2.75, 3.05) is 26.8 Å². The zero-order valence-corrected chi connectivity index (χ0v) is 18.0. The highest BCUT2D eigenvalue weighted by Crippen LogP contribution is 2.28. The van der Waals surface area contributed by atoms with Crippen molar-refractivity contribution in [3.63, 3.8) is 0 Å². The number of amides is 1. The Kier molecular flexibility index (Phi) is 6.10. The van der Waals surface area contributed by atoms with Crippen LogP contribution in [0.25, 0.3) is 21.9 Å². The fraction of sp³-hybridized carbons (Fsp3) is 0.346. The average molecular weight is 420 g/mol. The number of rotatable bonds is 5. The summed E-state index contributed by atoms with van der Waals surface area (Å²) in [5.74, 6) is -0.0335. The molecule has 1 aliphatic heterocycles. The Bertz CT molecular complexity index is 1070. The molecule has 3 aromatic rings. The largest absolute Gasteiger partial charge is 0.393 e. The molecule has 1 amide bonds. The number of likely N-dealkylation sites (tertiary alicyclic amines) is 1. The molecule has 4 rings (SSSR count).